The van der Waals surface area contributed by atoms with Crippen LogP contribution in [0.5, 0.6) is 0 Å². The van der Waals surface area contributed by atoms with Crippen LogP contribution >= 0.6 is 22.9 Å². The third-order valence-corrected chi connectivity index (χ3v) is 6.88. The van der Waals surface area contributed by atoms with Gasteiger partial charge in [0.1, 0.15) is 5.82 Å². The fraction of sp³-hybridized carbons (Fsp3) is 0.174. The summed E-state index contributed by atoms with van der Waals surface area (Å²) in [5.74, 6) is -4.50. The molecular formula is C23H14ClF6N7O2S. The first-order valence-electron chi connectivity index (χ1n) is 11.1. The number of nitrogens with one attached hydrogen (secondary N) is 1. The Morgan fingerprint density at radius 1 is 0.975 bits per heavy atom. The van der Waals surface area contributed by atoms with Gasteiger partial charge in [0.15, 0.2) is 16.6 Å². The fourth-order valence-corrected chi connectivity index (χ4v) is 4.70. The smallest absolute Gasteiger partial charge is 0.324 e. The van der Waals surface area contributed by atoms with Gasteiger partial charge in [0.2, 0.25) is 5.95 Å². The molecule has 1 N–H and O–H groups in total. The molecule has 5 rings (SSSR count). The van der Waals surface area contributed by atoms with E-state index in [1.54, 1.807) is 19.3 Å². The van der Waals surface area contributed by atoms with Gasteiger partial charge >= 0.3 is 17.6 Å². The van der Waals surface area contributed by atoms with Crippen LogP contribution in [0.2, 0.25) is 5.02 Å². The first kappa shape index (κ1) is 27.4. The molecule has 5 aromatic rings. The Morgan fingerprint density at radius 3 is 2.40 bits per heavy atom. The predicted molar refractivity (Wildman–Crippen MR) is 133 cm³/mol. The highest BCUT2D eigenvalue weighted by Gasteiger charge is 2.34. The Hall–Kier alpha value is -4.18. The van der Waals surface area contributed by atoms with Crippen molar-refractivity contribution in [1.29, 1.82) is 0 Å². The summed E-state index contributed by atoms with van der Waals surface area (Å²) in [6.07, 6.45) is -3.08. The van der Waals surface area contributed by atoms with Crippen molar-refractivity contribution < 1.29 is 26.3 Å². The molecule has 0 unspecified atom stereocenters. The van der Waals surface area contributed by atoms with Crippen LogP contribution < -0.4 is 16.7 Å². The van der Waals surface area contributed by atoms with Crippen molar-refractivity contribution in [2.75, 3.05) is 5.32 Å². The predicted octanol–water partition coefficient (Wildman–Crippen LogP) is 4.68. The second-order valence-corrected chi connectivity index (χ2v) is 9.76. The summed E-state index contributed by atoms with van der Waals surface area (Å²) in [4.78, 5) is 33.5. The summed E-state index contributed by atoms with van der Waals surface area (Å²) >= 11 is 6.60. The van der Waals surface area contributed by atoms with Gasteiger partial charge in [-0.1, -0.05) is 11.6 Å². The van der Waals surface area contributed by atoms with E-state index in [-0.39, 0.29) is 33.8 Å². The topological polar surface area (TPSA) is 99.6 Å². The Kier molecular flexibility index (Phi) is 6.91. The summed E-state index contributed by atoms with van der Waals surface area (Å²) in [7, 11) is 1.68. The van der Waals surface area contributed by atoms with E-state index >= 15 is 0 Å². The van der Waals surface area contributed by atoms with Crippen LogP contribution in [-0.4, -0.2) is 28.9 Å². The van der Waals surface area contributed by atoms with E-state index in [1.165, 1.54) is 10.7 Å². The number of hydrogen-bond acceptors (Lipinski definition) is 7. The number of nitrogens with zero attached hydrogens (tertiary/aromatic N) is 6. The molecule has 0 bridgehead atoms. The van der Waals surface area contributed by atoms with Crippen LogP contribution in [0.1, 0.15) is 16.3 Å². The van der Waals surface area contributed by atoms with Gasteiger partial charge in [-0.3, -0.25) is 9.25 Å². The molecule has 0 fully saturated rings. The van der Waals surface area contributed by atoms with Crippen LogP contribution in [0.25, 0.3) is 10.9 Å². The number of halogens is 7. The zero-order valence-electron chi connectivity index (χ0n) is 19.9. The maximum atomic E-state index is 14.5. The second-order valence-electron chi connectivity index (χ2n) is 8.49. The number of thiazole rings is 1. The highest BCUT2D eigenvalue weighted by atomic mass is 35.5. The van der Waals surface area contributed by atoms with Crippen LogP contribution in [0.4, 0.5) is 38.0 Å². The Balaban J connectivity index is 1.62. The Morgan fingerprint density at radius 2 is 1.70 bits per heavy atom. The number of aryl methyl sites for hydroxylation is 1. The van der Waals surface area contributed by atoms with Crippen molar-refractivity contribution in [1.82, 2.24) is 28.9 Å². The van der Waals surface area contributed by atoms with E-state index in [0.29, 0.717) is 21.5 Å². The number of aromatic nitrogens is 6. The molecule has 0 atom stereocenters. The number of alkyl halides is 3. The van der Waals surface area contributed by atoms with E-state index in [2.05, 4.69) is 20.4 Å². The van der Waals surface area contributed by atoms with E-state index in [4.69, 9.17) is 11.6 Å². The quantitative estimate of drug-likeness (QED) is 0.224. The molecule has 208 valence electrons. The van der Waals surface area contributed by atoms with Gasteiger partial charge in [0.05, 0.1) is 35.0 Å². The average molecular weight is 602 g/mol. The van der Waals surface area contributed by atoms with Gasteiger partial charge in [-0.2, -0.15) is 23.3 Å². The van der Waals surface area contributed by atoms with Crippen molar-refractivity contribution >= 4 is 45.5 Å². The number of fused-ring (bicyclic) bond motifs is 1. The lowest BCUT2D eigenvalue weighted by Gasteiger charge is -2.16. The summed E-state index contributed by atoms with van der Waals surface area (Å²) in [5.41, 5.74) is -2.35. The van der Waals surface area contributed by atoms with Gasteiger partial charge in [-0.05, 0) is 18.2 Å². The third-order valence-electron chi connectivity index (χ3n) is 5.64. The van der Waals surface area contributed by atoms with Gasteiger partial charge < -0.3 is 5.32 Å². The highest BCUT2D eigenvalue weighted by molar-refractivity contribution is 7.09. The minimum atomic E-state index is -4.74. The standard InChI is InChI=1S/C23H14ClF6N7O2S/c1-35-6-11-3-18(13(24)4-17(11)34-35)32-20-33-21(38)37(8-12-9-40-19(31-12)23(28,29)30)22(39)36(20)7-10-2-15(26)16(27)5-14(10)25/h2-6,9H,7-8H2,1H3,(H,32,33,38). The molecule has 0 saturated heterocycles. The molecule has 0 aliphatic heterocycles. The van der Waals surface area contributed by atoms with Crippen LogP contribution in [0.3, 0.4) is 0 Å². The summed E-state index contributed by atoms with van der Waals surface area (Å²) in [6.45, 7) is -1.44. The maximum absolute atomic E-state index is 14.5. The third kappa shape index (κ3) is 5.31. The Bertz CT molecular complexity index is 1900. The van der Waals surface area contributed by atoms with Crippen molar-refractivity contribution in [2.45, 2.75) is 19.3 Å². The van der Waals surface area contributed by atoms with Gasteiger partial charge in [0, 0.05) is 35.6 Å². The minimum absolute atomic E-state index is 0.109. The van der Waals surface area contributed by atoms with Crippen molar-refractivity contribution in [3.05, 3.63) is 95.6 Å². The summed E-state index contributed by atoms with van der Waals surface area (Å²) < 4.78 is 83.6. The average Bonchev–Trinajstić information content (AvgIpc) is 3.48. The SMILES string of the molecule is Cn1cc2cc(Nc3nc(=O)n(Cc4csc(C(F)(F)F)n4)c(=O)n3Cc3cc(F)c(F)cc3F)c(Cl)cc2n1. The van der Waals surface area contributed by atoms with Crippen LogP contribution in [0.15, 0.2) is 45.4 Å². The number of anilines is 2. The number of benzene rings is 2. The Labute approximate surface area is 227 Å². The molecular weight excluding hydrogens is 588 g/mol. The van der Waals surface area contributed by atoms with E-state index < -0.39 is 64.6 Å². The second kappa shape index (κ2) is 10.1. The van der Waals surface area contributed by atoms with Gasteiger partial charge in [-0.15, -0.1) is 11.3 Å². The molecule has 0 aliphatic rings. The highest BCUT2D eigenvalue weighted by Crippen LogP contribution is 2.32. The van der Waals surface area contributed by atoms with Gasteiger partial charge in [-0.25, -0.2) is 32.3 Å². The zero-order chi connectivity index (χ0) is 28.9. The minimum Gasteiger partial charge on any atom is -0.324 e. The number of hydrogen-bond donors (Lipinski definition) is 1. The molecule has 0 amide bonds. The van der Waals surface area contributed by atoms with Crippen molar-refractivity contribution in [3.8, 4) is 0 Å². The lowest BCUT2D eigenvalue weighted by atomic mass is 10.2. The molecule has 0 saturated carbocycles. The zero-order valence-corrected chi connectivity index (χ0v) is 21.5. The van der Waals surface area contributed by atoms with Crippen LogP contribution in [0, 0.1) is 17.5 Å². The van der Waals surface area contributed by atoms with E-state index in [0.717, 1.165) is 9.95 Å². The van der Waals surface area contributed by atoms with Crippen LogP contribution in [-0.2, 0) is 26.3 Å². The number of rotatable bonds is 6. The summed E-state index contributed by atoms with van der Waals surface area (Å²) in [5, 5.41) is 7.49. The molecule has 0 spiro atoms. The normalized spacial score (nSPS) is 11.9. The lowest BCUT2D eigenvalue weighted by Crippen LogP contribution is -2.43. The maximum Gasteiger partial charge on any atom is 0.443 e. The molecule has 9 nitrogen and oxygen atoms in total. The first-order valence-corrected chi connectivity index (χ1v) is 12.3. The van der Waals surface area contributed by atoms with Crippen molar-refractivity contribution in [2.24, 2.45) is 7.05 Å². The molecule has 3 aromatic heterocycles. The largest absolute Gasteiger partial charge is 0.443 e. The molecule has 0 aliphatic carbocycles. The van der Waals surface area contributed by atoms with E-state index in [1.807, 2.05) is 0 Å². The van der Waals surface area contributed by atoms with Gasteiger partial charge in [0.25, 0.3) is 0 Å². The molecule has 3 heterocycles. The molecule has 40 heavy (non-hydrogen) atoms. The van der Waals surface area contributed by atoms with E-state index in [9.17, 15) is 35.9 Å². The first-order chi connectivity index (χ1) is 18.8. The summed E-state index contributed by atoms with van der Waals surface area (Å²) in [6, 6.07) is 3.85. The molecule has 2 aromatic carbocycles. The lowest BCUT2D eigenvalue weighted by molar-refractivity contribution is -0.137. The van der Waals surface area contributed by atoms with Crippen molar-refractivity contribution in [3.63, 3.8) is 0 Å². The molecule has 0 radical (unpaired) electrons. The molecule has 17 heteroatoms. The fourth-order valence-electron chi connectivity index (χ4n) is 3.82. The monoisotopic (exact) mass is 601 g/mol.